The minimum Gasteiger partial charge on any atom is -0.463 e. The van der Waals surface area contributed by atoms with Crippen molar-refractivity contribution in [2.75, 3.05) is 7.11 Å². The van der Waals surface area contributed by atoms with Gasteiger partial charge in [0.1, 0.15) is 0 Å². The van der Waals surface area contributed by atoms with Crippen LogP contribution in [0.1, 0.15) is 37.8 Å². The highest BCUT2D eigenvalue weighted by Gasteiger charge is 2.17. The SMILES string of the molecule is COC(=O)c1ccc(C(=O)c2cc(C)cc(C)c2)o1. The largest absolute Gasteiger partial charge is 0.463 e. The Morgan fingerprint density at radius 3 is 2.16 bits per heavy atom. The lowest BCUT2D eigenvalue weighted by atomic mass is 10.0. The van der Waals surface area contributed by atoms with Gasteiger partial charge in [-0.25, -0.2) is 4.79 Å². The molecular formula is C15H14O4. The van der Waals surface area contributed by atoms with E-state index in [0.29, 0.717) is 5.56 Å². The molecular weight excluding hydrogens is 244 g/mol. The number of ketones is 1. The second kappa shape index (κ2) is 5.10. The highest BCUT2D eigenvalue weighted by Crippen LogP contribution is 2.16. The maximum absolute atomic E-state index is 12.2. The molecule has 1 heterocycles. The van der Waals surface area contributed by atoms with Crippen molar-refractivity contribution in [3.05, 3.63) is 58.5 Å². The third-order valence-corrected chi connectivity index (χ3v) is 2.70. The number of methoxy groups -OCH3 is 1. The lowest BCUT2D eigenvalue weighted by Crippen LogP contribution is -2.02. The van der Waals surface area contributed by atoms with Crippen LogP contribution in [0.25, 0.3) is 0 Å². The molecule has 0 fully saturated rings. The fourth-order valence-electron chi connectivity index (χ4n) is 1.92. The third-order valence-electron chi connectivity index (χ3n) is 2.70. The normalized spacial score (nSPS) is 10.3. The Labute approximate surface area is 111 Å². The number of benzene rings is 1. The van der Waals surface area contributed by atoms with Gasteiger partial charge in [0.15, 0.2) is 5.76 Å². The van der Waals surface area contributed by atoms with Crippen molar-refractivity contribution in [2.24, 2.45) is 0 Å². The number of carbonyl (C=O) groups is 2. The summed E-state index contributed by atoms with van der Waals surface area (Å²) in [4.78, 5) is 23.5. The van der Waals surface area contributed by atoms with E-state index in [2.05, 4.69) is 4.74 Å². The average Bonchev–Trinajstić information content (AvgIpc) is 2.85. The highest BCUT2D eigenvalue weighted by atomic mass is 16.5. The molecule has 0 aliphatic carbocycles. The van der Waals surface area contributed by atoms with Gasteiger partial charge >= 0.3 is 5.97 Å². The van der Waals surface area contributed by atoms with E-state index >= 15 is 0 Å². The van der Waals surface area contributed by atoms with Crippen molar-refractivity contribution in [3.8, 4) is 0 Å². The number of ether oxygens (including phenoxy) is 1. The molecule has 1 aromatic carbocycles. The van der Waals surface area contributed by atoms with Crippen LogP contribution in [0.5, 0.6) is 0 Å². The first-order valence-corrected chi connectivity index (χ1v) is 5.82. The Kier molecular flexibility index (Phi) is 3.51. The second-order valence-electron chi connectivity index (χ2n) is 4.36. The molecule has 4 heteroatoms. The minimum absolute atomic E-state index is 0.0234. The van der Waals surface area contributed by atoms with E-state index in [1.54, 1.807) is 12.1 Å². The zero-order valence-electron chi connectivity index (χ0n) is 11.0. The van der Waals surface area contributed by atoms with E-state index in [1.807, 2.05) is 19.9 Å². The number of rotatable bonds is 3. The molecule has 2 aromatic rings. The molecule has 0 spiro atoms. The minimum atomic E-state index is -0.598. The molecule has 0 saturated carbocycles. The van der Waals surface area contributed by atoms with Crippen molar-refractivity contribution in [1.29, 1.82) is 0 Å². The summed E-state index contributed by atoms with van der Waals surface area (Å²) >= 11 is 0. The molecule has 0 saturated heterocycles. The van der Waals surface area contributed by atoms with Crippen LogP contribution in [0.15, 0.2) is 34.7 Å². The molecule has 0 radical (unpaired) electrons. The summed E-state index contributed by atoms with van der Waals surface area (Å²) in [5.74, 6) is -0.693. The van der Waals surface area contributed by atoms with Crippen LogP contribution in [0.3, 0.4) is 0 Å². The molecule has 0 atom stereocenters. The van der Waals surface area contributed by atoms with Gasteiger partial charge in [0.2, 0.25) is 11.5 Å². The fraction of sp³-hybridized carbons (Fsp3) is 0.200. The van der Waals surface area contributed by atoms with E-state index in [1.165, 1.54) is 19.2 Å². The molecule has 0 amide bonds. The van der Waals surface area contributed by atoms with E-state index in [-0.39, 0.29) is 17.3 Å². The molecule has 0 bridgehead atoms. The highest BCUT2D eigenvalue weighted by molar-refractivity contribution is 6.07. The topological polar surface area (TPSA) is 56.5 Å². The summed E-state index contributed by atoms with van der Waals surface area (Å²) in [7, 11) is 1.26. The summed E-state index contributed by atoms with van der Waals surface area (Å²) in [6.45, 7) is 3.84. The maximum Gasteiger partial charge on any atom is 0.373 e. The van der Waals surface area contributed by atoms with E-state index in [0.717, 1.165) is 11.1 Å². The van der Waals surface area contributed by atoms with E-state index in [9.17, 15) is 9.59 Å². The molecule has 0 aliphatic rings. The number of hydrogen-bond acceptors (Lipinski definition) is 4. The van der Waals surface area contributed by atoms with Crippen LogP contribution in [-0.4, -0.2) is 18.9 Å². The van der Waals surface area contributed by atoms with Crippen molar-refractivity contribution in [1.82, 2.24) is 0 Å². The van der Waals surface area contributed by atoms with Gasteiger partial charge in [-0.15, -0.1) is 0 Å². The molecule has 19 heavy (non-hydrogen) atoms. The van der Waals surface area contributed by atoms with E-state index in [4.69, 9.17) is 4.42 Å². The molecule has 0 aliphatic heterocycles. The standard InChI is InChI=1S/C15H14O4/c1-9-6-10(2)8-11(7-9)14(16)12-4-5-13(19-12)15(17)18-3/h4-8H,1-3H3. The lowest BCUT2D eigenvalue weighted by Gasteiger charge is -2.02. The molecule has 4 nitrogen and oxygen atoms in total. The van der Waals surface area contributed by atoms with Gasteiger partial charge in [-0.05, 0) is 38.1 Å². The van der Waals surface area contributed by atoms with Gasteiger partial charge in [-0.3, -0.25) is 4.79 Å². The molecule has 0 N–H and O–H groups in total. The number of furan rings is 1. The Hall–Kier alpha value is -2.36. The first-order chi connectivity index (χ1) is 9.01. The summed E-state index contributed by atoms with van der Waals surface area (Å²) < 4.78 is 9.74. The Bertz CT molecular complexity index is 617. The summed E-state index contributed by atoms with van der Waals surface area (Å²) in [5, 5.41) is 0. The van der Waals surface area contributed by atoms with Crippen LogP contribution in [0, 0.1) is 13.8 Å². The van der Waals surface area contributed by atoms with Gasteiger partial charge in [-0.2, -0.15) is 0 Å². The Morgan fingerprint density at radius 2 is 1.58 bits per heavy atom. The van der Waals surface area contributed by atoms with Crippen LogP contribution >= 0.6 is 0 Å². The first-order valence-electron chi connectivity index (χ1n) is 5.82. The predicted molar refractivity (Wildman–Crippen MR) is 69.4 cm³/mol. The molecule has 98 valence electrons. The van der Waals surface area contributed by atoms with Gasteiger partial charge in [-0.1, -0.05) is 17.2 Å². The zero-order valence-corrected chi connectivity index (χ0v) is 11.0. The fourth-order valence-corrected chi connectivity index (χ4v) is 1.92. The quantitative estimate of drug-likeness (QED) is 0.627. The Balaban J connectivity index is 2.33. The van der Waals surface area contributed by atoms with Gasteiger partial charge < -0.3 is 9.15 Å². The monoisotopic (exact) mass is 258 g/mol. The lowest BCUT2D eigenvalue weighted by molar-refractivity contribution is 0.0563. The van der Waals surface area contributed by atoms with Gasteiger partial charge in [0, 0.05) is 5.56 Å². The molecule has 0 unspecified atom stereocenters. The number of carbonyl (C=O) groups excluding carboxylic acids is 2. The molecule has 1 aromatic heterocycles. The van der Waals surface area contributed by atoms with Crippen molar-refractivity contribution >= 4 is 11.8 Å². The van der Waals surface area contributed by atoms with Crippen molar-refractivity contribution < 1.29 is 18.7 Å². The number of esters is 1. The second-order valence-corrected chi connectivity index (χ2v) is 4.36. The van der Waals surface area contributed by atoms with Crippen LogP contribution in [0.2, 0.25) is 0 Å². The van der Waals surface area contributed by atoms with E-state index < -0.39 is 5.97 Å². The van der Waals surface area contributed by atoms with Gasteiger partial charge in [0.25, 0.3) is 0 Å². The summed E-state index contributed by atoms with van der Waals surface area (Å²) in [6, 6.07) is 8.47. The molecule has 2 rings (SSSR count). The summed E-state index contributed by atoms with van der Waals surface area (Å²) in [6.07, 6.45) is 0. The summed E-state index contributed by atoms with van der Waals surface area (Å²) in [5.41, 5.74) is 2.55. The number of aryl methyl sites for hydroxylation is 2. The zero-order chi connectivity index (χ0) is 14.0. The van der Waals surface area contributed by atoms with Crippen molar-refractivity contribution in [2.45, 2.75) is 13.8 Å². The van der Waals surface area contributed by atoms with Gasteiger partial charge in [0.05, 0.1) is 7.11 Å². The van der Waals surface area contributed by atoms with Crippen LogP contribution < -0.4 is 0 Å². The first kappa shape index (κ1) is 13.1. The predicted octanol–water partition coefficient (Wildman–Crippen LogP) is 2.91. The average molecular weight is 258 g/mol. The van der Waals surface area contributed by atoms with Crippen molar-refractivity contribution in [3.63, 3.8) is 0 Å². The smallest absolute Gasteiger partial charge is 0.373 e. The Morgan fingerprint density at radius 1 is 1.00 bits per heavy atom. The maximum atomic E-state index is 12.2. The number of hydrogen-bond donors (Lipinski definition) is 0. The van der Waals surface area contributed by atoms with Crippen LogP contribution in [0.4, 0.5) is 0 Å². The van der Waals surface area contributed by atoms with Crippen LogP contribution in [-0.2, 0) is 4.74 Å². The third kappa shape index (κ3) is 2.73.